The molecule has 0 aromatic carbocycles. The van der Waals surface area contributed by atoms with Gasteiger partial charge in [-0.05, 0) is 24.4 Å². The van der Waals surface area contributed by atoms with Crippen LogP contribution < -0.4 is 10.2 Å². The highest BCUT2D eigenvalue weighted by Crippen LogP contribution is 2.44. The third-order valence-corrected chi connectivity index (χ3v) is 3.97. The van der Waals surface area contributed by atoms with Crippen LogP contribution in [0.2, 0.25) is 5.28 Å². The van der Waals surface area contributed by atoms with Gasteiger partial charge in [0.2, 0.25) is 17.2 Å². The zero-order valence-corrected chi connectivity index (χ0v) is 11.9. The van der Waals surface area contributed by atoms with Gasteiger partial charge < -0.3 is 20.1 Å². The summed E-state index contributed by atoms with van der Waals surface area (Å²) in [6.07, 6.45) is 2.07. The molecule has 2 fully saturated rings. The van der Waals surface area contributed by atoms with Gasteiger partial charge in [0.15, 0.2) is 0 Å². The standard InChI is InChI=1S/C12H18ClN5O2/c13-9-15-10(14-7-12(8-19)1-2-12)17-11(16-9)18-3-5-20-6-4-18/h19H,1-8H2,(H,14,15,16,17). The maximum Gasteiger partial charge on any atom is 0.231 e. The highest BCUT2D eigenvalue weighted by Gasteiger charge is 2.41. The second kappa shape index (κ2) is 5.67. The summed E-state index contributed by atoms with van der Waals surface area (Å²) in [6, 6.07) is 0. The second-order valence-corrected chi connectivity index (χ2v) is 5.68. The van der Waals surface area contributed by atoms with Crippen LogP contribution in [-0.4, -0.2) is 59.5 Å². The number of aliphatic hydroxyl groups is 1. The van der Waals surface area contributed by atoms with Crippen molar-refractivity contribution in [1.29, 1.82) is 0 Å². The molecule has 1 aromatic rings. The first kappa shape index (κ1) is 13.8. The lowest BCUT2D eigenvalue weighted by Gasteiger charge is -2.26. The molecule has 1 aliphatic carbocycles. The zero-order valence-electron chi connectivity index (χ0n) is 11.2. The van der Waals surface area contributed by atoms with Crippen LogP contribution in [0.3, 0.4) is 0 Å². The molecule has 1 aliphatic heterocycles. The topological polar surface area (TPSA) is 83.4 Å². The van der Waals surface area contributed by atoms with Crippen molar-refractivity contribution in [1.82, 2.24) is 15.0 Å². The van der Waals surface area contributed by atoms with E-state index in [1.54, 1.807) is 0 Å². The molecule has 2 aliphatic rings. The number of ether oxygens (including phenoxy) is 1. The SMILES string of the molecule is OCC1(CNc2nc(Cl)nc(N3CCOCC3)n2)CC1. The number of nitrogens with zero attached hydrogens (tertiary/aromatic N) is 4. The number of aromatic nitrogens is 3. The second-order valence-electron chi connectivity index (χ2n) is 5.34. The lowest BCUT2D eigenvalue weighted by atomic mass is 10.1. The fourth-order valence-electron chi connectivity index (χ4n) is 2.16. The number of rotatable bonds is 5. The van der Waals surface area contributed by atoms with E-state index in [1.807, 2.05) is 4.90 Å². The summed E-state index contributed by atoms with van der Waals surface area (Å²) in [5.74, 6) is 1.04. The van der Waals surface area contributed by atoms with Crippen LogP contribution in [0.5, 0.6) is 0 Å². The van der Waals surface area contributed by atoms with Gasteiger partial charge in [-0.1, -0.05) is 0 Å². The molecule has 7 nitrogen and oxygen atoms in total. The molecule has 0 unspecified atom stereocenters. The summed E-state index contributed by atoms with van der Waals surface area (Å²) in [7, 11) is 0. The number of halogens is 1. The van der Waals surface area contributed by atoms with Crippen molar-refractivity contribution in [2.24, 2.45) is 5.41 Å². The molecule has 0 radical (unpaired) electrons. The Morgan fingerprint density at radius 3 is 2.65 bits per heavy atom. The number of anilines is 2. The van der Waals surface area contributed by atoms with Gasteiger partial charge in [0, 0.05) is 25.0 Å². The lowest BCUT2D eigenvalue weighted by molar-refractivity contribution is 0.122. The normalized spacial score (nSPS) is 20.8. The van der Waals surface area contributed by atoms with Gasteiger partial charge in [-0.15, -0.1) is 0 Å². The summed E-state index contributed by atoms with van der Waals surface area (Å²) in [6.45, 7) is 3.68. The van der Waals surface area contributed by atoms with Gasteiger partial charge in [-0.25, -0.2) is 0 Å². The van der Waals surface area contributed by atoms with Crippen LogP contribution in [0.4, 0.5) is 11.9 Å². The Hall–Kier alpha value is -1.18. The van der Waals surface area contributed by atoms with Crippen molar-refractivity contribution < 1.29 is 9.84 Å². The fourth-order valence-corrected chi connectivity index (χ4v) is 2.31. The Bertz CT molecular complexity index is 477. The molecule has 0 atom stereocenters. The average molecular weight is 300 g/mol. The molecule has 1 saturated heterocycles. The number of nitrogens with one attached hydrogen (secondary N) is 1. The molecule has 1 saturated carbocycles. The van der Waals surface area contributed by atoms with Gasteiger partial charge in [0.1, 0.15) is 0 Å². The maximum atomic E-state index is 9.31. The van der Waals surface area contributed by atoms with Crippen molar-refractivity contribution in [3.63, 3.8) is 0 Å². The third kappa shape index (κ3) is 3.11. The molecule has 2 N–H and O–H groups in total. The van der Waals surface area contributed by atoms with Crippen LogP contribution in [0, 0.1) is 5.41 Å². The first-order valence-electron chi connectivity index (χ1n) is 6.80. The number of aliphatic hydroxyl groups excluding tert-OH is 1. The Labute approximate surface area is 122 Å². The summed E-state index contributed by atoms with van der Waals surface area (Å²) >= 11 is 5.96. The Morgan fingerprint density at radius 1 is 1.25 bits per heavy atom. The minimum absolute atomic E-state index is 0.00175. The van der Waals surface area contributed by atoms with Crippen LogP contribution in [-0.2, 0) is 4.74 Å². The van der Waals surface area contributed by atoms with Crippen molar-refractivity contribution in [2.75, 3.05) is 49.7 Å². The molecule has 0 amide bonds. The fraction of sp³-hybridized carbons (Fsp3) is 0.750. The van der Waals surface area contributed by atoms with E-state index in [9.17, 15) is 5.11 Å². The van der Waals surface area contributed by atoms with Gasteiger partial charge in [-0.2, -0.15) is 15.0 Å². The van der Waals surface area contributed by atoms with Crippen molar-refractivity contribution >= 4 is 23.5 Å². The Morgan fingerprint density at radius 2 is 2.00 bits per heavy atom. The molecule has 110 valence electrons. The monoisotopic (exact) mass is 299 g/mol. The highest BCUT2D eigenvalue weighted by molar-refractivity contribution is 6.28. The van der Waals surface area contributed by atoms with Crippen molar-refractivity contribution in [3.8, 4) is 0 Å². The maximum absolute atomic E-state index is 9.31. The van der Waals surface area contributed by atoms with E-state index in [2.05, 4.69) is 20.3 Å². The number of hydrogen-bond acceptors (Lipinski definition) is 7. The molecule has 20 heavy (non-hydrogen) atoms. The average Bonchev–Trinajstić information content (AvgIpc) is 3.26. The lowest BCUT2D eigenvalue weighted by Crippen LogP contribution is -2.37. The van der Waals surface area contributed by atoms with E-state index >= 15 is 0 Å². The van der Waals surface area contributed by atoms with E-state index < -0.39 is 0 Å². The highest BCUT2D eigenvalue weighted by atomic mass is 35.5. The first-order valence-corrected chi connectivity index (χ1v) is 7.18. The molecule has 8 heteroatoms. The van der Waals surface area contributed by atoms with Gasteiger partial charge in [0.25, 0.3) is 0 Å². The summed E-state index contributed by atoms with van der Waals surface area (Å²) in [5, 5.41) is 12.6. The number of morpholine rings is 1. The molecular weight excluding hydrogens is 282 g/mol. The molecule has 0 bridgehead atoms. The predicted molar refractivity (Wildman–Crippen MR) is 75.1 cm³/mol. The first-order chi connectivity index (χ1) is 9.71. The third-order valence-electron chi connectivity index (χ3n) is 3.80. The van der Waals surface area contributed by atoms with Crippen LogP contribution in [0.15, 0.2) is 0 Å². The van der Waals surface area contributed by atoms with E-state index in [4.69, 9.17) is 16.3 Å². The number of hydrogen-bond donors (Lipinski definition) is 2. The Kier molecular flexibility index (Phi) is 3.91. The summed E-state index contributed by atoms with van der Waals surface area (Å²) < 4.78 is 5.31. The summed E-state index contributed by atoms with van der Waals surface area (Å²) in [5.41, 5.74) is -0.00175. The van der Waals surface area contributed by atoms with E-state index in [1.165, 1.54) is 0 Å². The van der Waals surface area contributed by atoms with E-state index in [-0.39, 0.29) is 17.3 Å². The van der Waals surface area contributed by atoms with Gasteiger partial charge >= 0.3 is 0 Å². The van der Waals surface area contributed by atoms with Crippen molar-refractivity contribution in [3.05, 3.63) is 5.28 Å². The molecular formula is C12H18ClN5O2. The minimum atomic E-state index is -0.00175. The smallest absolute Gasteiger partial charge is 0.231 e. The molecule has 0 spiro atoms. The van der Waals surface area contributed by atoms with E-state index in [0.29, 0.717) is 31.7 Å². The molecule has 2 heterocycles. The van der Waals surface area contributed by atoms with Crippen LogP contribution in [0.25, 0.3) is 0 Å². The van der Waals surface area contributed by atoms with Crippen LogP contribution in [0.1, 0.15) is 12.8 Å². The van der Waals surface area contributed by atoms with Crippen LogP contribution >= 0.6 is 11.6 Å². The molecule has 3 rings (SSSR count). The van der Waals surface area contributed by atoms with Gasteiger partial charge in [0.05, 0.1) is 19.8 Å². The largest absolute Gasteiger partial charge is 0.396 e. The predicted octanol–water partition coefficient (Wildman–Crippen LogP) is 0.546. The Balaban J connectivity index is 1.69. The molecule has 1 aromatic heterocycles. The quantitative estimate of drug-likeness (QED) is 0.821. The minimum Gasteiger partial charge on any atom is -0.396 e. The zero-order chi connectivity index (χ0) is 14.0. The van der Waals surface area contributed by atoms with Crippen molar-refractivity contribution in [2.45, 2.75) is 12.8 Å². The van der Waals surface area contributed by atoms with Gasteiger partial charge in [-0.3, -0.25) is 0 Å². The van der Waals surface area contributed by atoms with E-state index in [0.717, 1.165) is 25.9 Å². The summed E-state index contributed by atoms with van der Waals surface area (Å²) in [4.78, 5) is 14.7.